The largest absolute Gasteiger partial charge is 0.368 e. The normalized spacial score (nSPS) is 10.3. The molecule has 0 heterocycles. The fraction of sp³-hybridized carbons (Fsp3) is 0.909. The van der Waals surface area contributed by atoms with Crippen LogP contribution >= 0.6 is 0 Å². The smallest absolute Gasteiger partial charge is 0.234 e. The van der Waals surface area contributed by atoms with Crippen LogP contribution in [0.3, 0.4) is 0 Å². The van der Waals surface area contributed by atoms with E-state index in [-0.39, 0.29) is 11.9 Å². The Bertz CT molecular complexity index is 118. The first kappa shape index (κ1) is 19.9. The number of unbranched alkanes of at least 4 members (excludes halogenated alkanes) is 1. The minimum atomic E-state index is -0.287. The Morgan fingerprint density at radius 1 is 1.20 bits per heavy atom. The number of nitrogens with two attached hydrogens (primary N) is 2. The molecule has 1 atom stereocenters. The van der Waals surface area contributed by atoms with E-state index in [1.54, 1.807) is 7.05 Å². The van der Waals surface area contributed by atoms with Crippen molar-refractivity contribution >= 4 is 5.91 Å². The van der Waals surface area contributed by atoms with Crippen molar-refractivity contribution in [2.75, 3.05) is 13.6 Å². The molecular weight excluding hydrogens is 190 g/mol. The van der Waals surface area contributed by atoms with E-state index in [2.05, 4.69) is 5.32 Å². The Balaban J connectivity index is -0.000000318. The van der Waals surface area contributed by atoms with Crippen molar-refractivity contribution in [2.24, 2.45) is 11.5 Å². The van der Waals surface area contributed by atoms with Gasteiger partial charge in [0.2, 0.25) is 5.91 Å². The lowest BCUT2D eigenvalue weighted by Gasteiger charge is -2.10. The summed E-state index contributed by atoms with van der Waals surface area (Å²) in [5.74, 6) is -0.287. The minimum absolute atomic E-state index is 0.193. The van der Waals surface area contributed by atoms with E-state index in [4.69, 9.17) is 11.5 Å². The van der Waals surface area contributed by atoms with Gasteiger partial charge in [-0.25, -0.2) is 0 Å². The van der Waals surface area contributed by atoms with E-state index < -0.39 is 0 Å². The molecule has 0 aliphatic heterocycles. The van der Waals surface area contributed by atoms with Crippen LogP contribution in [0.25, 0.3) is 0 Å². The Kier molecular flexibility index (Phi) is 25.2. The molecule has 0 fully saturated rings. The molecule has 94 valence electrons. The van der Waals surface area contributed by atoms with Gasteiger partial charge in [0, 0.05) is 0 Å². The van der Waals surface area contributed by atoms with Gasteiger partial charge in [0.25, 0.3) is 0 Å². The summed E-state index contributed by atoms with van der Waals surface area (Å²) >= 11 is 0. The Hall–Kier alpha value is -0.610. The number of primary amides is 1. The van der Waals surface area contributed by atoms with Crippen LogP contribution in [0.1, 0.15) is 47.0 Å². The number of hydrogen-bond acceptors (Lipinski definition) is 3. The lowest BCUT2D eigenvalue weighted by Crippen LogP contribution is -2.39. The van der Waals surface area contributed by atoms with E-state index in [0.717, 1.165) is 19.3 Å². The zero-order valence-corrected chi connectivity index (χ0v) is 11.0. The number of nitrogens with one attached hydrogen (secondary N) is 1. The van der Waals surface area contributed by atoms with Gasteiger partial charge in [-0.1, -0.05) is 34.1 Å². The van der Waals surface area contributed by atoms with Crippen molar-refractivity contribution in [1.29, 1.82) is 0 Å². The molecule has 0 saturated carbocycles. The van der Waals surface area contributed by atoms with Crippen LogP contribution < -0.4 is 16.8 Å². The quantitative estimate of drug-likeness (QED) is 0.588. The maximum Gasteiger partial charge on any atom is 0.234 e. The van der Waals surface area contributed by atoms with Crippen LogP contribution in [0.15, 0.2) is 0 Å². The molecular formula is C11H29N3O. The summed E-state index contributed by atoms with van der Waals surface area (Å²) in [5.41, 5.74) is 10.4. The van der Waals surface area contributed by atoms with E-state index in [1.165, 1.54) is 0 Å². The van der Waals surface area contributed by atoms with Crippen molar-refractivity contribution in [1.82, 2.24) is 5.32 Å². The zero-order chi connectivity index (χ0) is 12.7. The number of carbonyl (C=O) groups excluding carboxylic acids is 1. The number of rotatable bonds is 6. The van der Waals surface area contributed by atoms with Gasteiger partial charge in [-0.2, -0.15) is 0 Å². The molecule has 15 heavy (non-hydrogen) atoms. The van der Waals surface area contributed by atoms with Gasteiger partial charge in [0.05, 0.1) is 6.04 Å². The summed E-state index contributed by atoms with van der Waals surface area (Å²) in [6.45, 7) is 8.68. The summed E-state index contributed by atoms with van der Waals surface area (Å²) in [6.07, 6.45) is 2.68. The second kappa shape index (κ2) is 19.0. The van der Waals surface area contributed by atoms with Crippen molar-refractivity contribution in [2.45, 2.75) is 53.0 Å². The van der Waals surface area contributed by atoms with Crippen LogP contribution in [-0.4, -0.2) is 25.5 Å². The highest BCUT2D eigenvalue weighted by Gasteiger charge is 2.10. The summed E-state index contributed by atoms with van der Waals surface area (Å²) in [5, 5.41) is 2.85. The third-order valence-corrected chi connectivity index (χ3v) is 1.64. The predicted molar refractivity (Wildman–Crippen MR) is 67.6 cm³/mol. The van der Waals surface area contributed by atoms with Gasteiger partial charge in [-0.3, -0.25) is 4.79 Å². The Morgan fingerprint density at radius 2 is 1.67 bits per heavy atom. The average molecular weight is 219 g/mol. The van der Waals surface area contributed by atoms with Gasteiger partial charge in [0.15, 0.2) is 0 Å². The monoisotopic (exact) mass is 219 g/mol. The predicted octanol–water partition coefficient (Wildman–Crippen LogP) is 1.24. The molecule has 4 heteroatoms. The fourth-order valence-electron chi connectivity index (χ4n) is 0.922. The highest BCUT2D eigenvalue weighted by atomic mass is 16.1. The van der Waals surface area contributed by atoms with E-state index in [9.17, 15) is 4.79 Å². The van der Waals surface area contributed by atoms with Crippen LogP contribution in [0.2, 0.25) is 0 Å². The summed E-state index contributed by atoms with van der Waals surface area (Å²) < 4.78 is 0. The standard InChI is InChI=1S/C7H17N3O.2C2H6/c1-10-6(7(9)11)4-2-3-5-8;2*1-2/h6,10H,2-5,8H2,1H3,(H2,9,11);2*1-2H3. The molecule has 0 aliphatic carbocycles. The molecule has 1 amide bonds. The molecule has 0 aromatic carbocycles. The van der Waals surface area contributed by atoms with Crippen molar-refractivity contribution in [3.8, 4) is 0 Å². The van der Waals surface area contributed by atoms with Crippen molar-refractivity contribution in [3.63, 3.8) is 0 Å². The number of likely N-dealkylation sites (N-methyl/N-ethyl adjacent to an activating group) is 1. The summed E-state index contributed by atoms with van der Waals surface area (Å²) in [7, 11) is 1.73. The van der Waals surface area contributed by atoms with Crippen molar-refractivity contribution < 1.29 is 4.79 Å². The fourth-order valence-corrected chi connectivity index (χ4v) is 0.922. The van der Waals surface area contributed by atoms with E-state index >= 15 is 0 Å². The van der Waals surface area contributed by atoms with Gasteiger partial charge < -0.3 is 16.8 Å². The topological polar surface area (TPSA) is 81.1 Å². The van der Waals surface area contributed by atoms with Crippen LogP contribution in [0.4, 0.5) is 0 Å². The number of hydrogen-bond donors (Lipinski definition) is 3. The van der Waals surface area contributed by atoms with Gasteiger partial charge in [-0.05, 0) is 26.4 Å². The molecule has 1 unspecified atom stereocenters. The molecule has 0 rings (SSSR count). The van der Waals surface area contributed by atoms with Crippen LogP contribution in [0, 0.1) is 0 Å². The first-order chi connectivity index (χ1) is 7.22. The molecule has 5 N–H and O–H groups in total. The first-order valence-electron chi connectivity index (χ1n) is 5.89. The van der Waals surface area contributed by atoms with Gasteiger partial charge >= 0.3 is 0 Å². The molecule has 0 radical (unpaired) electrons. The SMILES string of the molecule is CC.CC.CNC(CCCCN)C(N)=O. The van der Waals surface area contributed by atoms with E-state index in [0.29, 0.717) is 6.54 Å². The maximum absolute atomic E-state index is 10.7. The first-order valence-corrected chi connectivity index (χ1v) is 5.89. The lowest BCUT2D eigenvalue weighted by molar-refractivity contribution is -0.120. The van der Waals surface area contributed by atoms with Crippen molar-refractivity contribution in [3.05, 3.63) is 0 Å². The molecule has 0 aromatic heterocycles. The number of carbonyl (C=O) groups is 1. The van der Waals surface area contributed by atoms with Gasteiger partial charge in [-0.15, -0.1) is 0 Å². The summed E-state index contributed by atoms with van der Waals surface area (Å²) in [4.78, 5) is 10.7. The third kappa shape index (κ3) is 16.1. The maximum atomic E-state index is 10.7. The van der Waals surface area contributed by atoms with Crippen LogP contribution in [0.5, 0.6) is 0 Å². The third-order valence-electron chi connectivity index (χ3n) is 1.64. The van der Waals surface area contributed by atoms with Crippen LogP contribution in [-0.2, 0) is 4.79 Å². The molecule has 0 bridgehead atoms. The van der Waals surface area contributed by atoms with E-state index in [1.807, 2.05) is 27.7 Å². The Morgan fingerprint density at radius 3 is 1.93 bits per heavy atom. The highest BCUT2D eigenvalue weighted by molar-refractivity contribution is 5.79. The molecule has 0 spiro atoms. The summed E-state index contributed by atoms with van der Waals surface area (Å²) in [6, 6.07) is -0.193. The molecule has 0 aromatic rings. The Labute approximate surface area is 94.8 Å². The second-order valence-corrected chi connectivity index (χ2v) is 2.53. The second-order valence-electron chi connectivity index (χ2n) is 2.53. The average Bonchev–Trinajstić information content (AvgIpc) is 2.29. The minimum Gasteiger partial charge on any atom is -0.368 e. The van der Waals surface area contributed by atoms with Gasteiger partial charge in [0.1, 0.15) is 0 Å². The molecule has 0 saturated heterocycles. The zero-order valence-electron chi connectivity index (χ0n) is 11.0. The number of amides is 1. The molecule has 0 aliphatic rings. The highest BCUT2D eigenvalue weighted by Crippen LogP contribution is 1.98. The lowest BCUT2D eigenvalue weighted by atomic mass is 10.1. The molecule has 4 nitrogen and oxygen atoms in total.